The molecule has 250 valence electrons. The largest absolute Gasteiger partial charge is 0.309 e. The van der Waals surface area contributed by atoms with Crippen LogP contribution in [0, 0.1) is 0 Å². The first kappa shape index (κ1) is 30.2. The van der Waals surface area contributed by atoms with Crippen LogP contribution in [0.2, 0.25) is 0 Å². The molecule has 3 heterocycles. The monoisotopic (exact) mass is 696 g/mol. The lowest BCUT2D eigenvalue weighted by Crippen LogP contribution is -2.15. The number of para-hydroxylation sites is 1. The van der Waals surface area contributed by atoms with Crippen molar-refractivity contribution in [2.75, 3.05) is 0 Å². The number of benzene rings is 7. The fourth-order valence-corrected chi connectivity index (χ4v) is 9.77. The Morgan fingerprint density at radius 3 is 1.81 bits per heavy atom. The molecular formula is C48H32N4S. The van der Waals surface area contributed by atoms with E-state index in [1.54, 1.807) is 0 Å². The molecular weight excluding hydrogens is 665 g/mol. The number of fused-ring (bicyclic) bond motifs is 10. The quantitative estimate of drug-likeness (QED) is 0.184. The van der Waals surface area contributed by atoms with Gasteiger partial charge in [-0.25, -0.2) is 15.0 Å². The molecule has 10 aromatic rings. The Morgan fingerprint density at radius 2 is 1.08 bits per heavy atom. The van der Waals surface area contributed by atoms with Crippen LogP contribution in [0.1, 0.15) is 25.0 Å². The zero-order valence-electron chi connectivity index (χ0n) is 29.2. The first-order valence-corrected chi connectivity index (χ1v) is 18.9. The molecule has 53 heavy (non-hydrogen) atoms. The Morgan fingerprint density at radius 1 is 0.472 bits per heavy atom. The molecule has 0 aliphatic heterocycles. The predicted octanol–water partition coefficient (Wildman–Crippen LogP) is 12.6. The van der Waals surface area contributed by atoms with Gasteiger partial charge >= 0.3 is 0 Å². The Labute approximate surface area is 310 Å². The summed E-state index contributed by atoms with van der Waals surface area (Å²) in [4.78, 5) is 14.9. The number of hydrogen-bond donors (Lipinski definition) is 0. The Hall–Kier alpha value is -6.43. The number of hydrogen-bond acceptors (Lipinski definition) is 4. The molecule has 0 spiro atoms. The third-order valence-electron chi connectivity index (χ3n) is 11.0. The van der Waals surface area contributed by atoms with Crippen molar-refractivity contribution in [1.29, 1.82) is 0 Å². The highest BCUT2D eigenvalue weighted by molar-refractivity contribution is 7.25. The molecule has 0 saturated carbocycles. The van der Waals surface area contributed by atoms with E-state index in [2.05, 4.69) is 115 Å². The Balaban J connectivity index is 1.07. The maximum absolute atomic E-state index is 4.99. The first-order chi connectivity index (χ1) is 26.0. The molecule has 1 aliphatic carbocycles. The molecule has 0 radical (unpaired) electrons. The van der Waals surface area contributed by atoms with Crippen molar-refractivity contribution in [3.8, 4) is 51.0 Å². The van der Waals surface area contributed by atoms with E-state index >= 15 is 0 Å². The number of rotatable bonds is 4. The normalized spacial score (nSPS) is 13.2. The van der Waals surface area contributed by atoms with Gasteiger partial charge in [-0.15, -0.1) is 11.3 Å². The minimum Gasteiger partial charge on any atom is -0.309 e. The second-order valence-electron chi connectivity index (χ2n) is 14.4. The van der Waals surface area contributed by atoms with Crippen LogP contribution in [0.3, 0.4) is 0 Å². The lowest BCUT2D eigenvalue weighted by Gasteiger charge is -2.22. The molecule has 3 aromatic heterocycles. The van der Waals surface area contributed by atoms with Gasteiger partial charge in [-0.1, -0.05) is 141 Å². The van der Waals surface area contributed by atoms with Gasteiger partial charge in [0.2, 0.25) is 0 Å². The molecule has 0 saturated heterocycles. The van der Waals surface area contributed by atoms with Crippen molar-refractivity contribution in [2.24, 2.45) is 0 Å². The van der Waals surface area contributed by atoms with Crippen LogP contribution in [-0.4, -0.2) is 19.5 Å². The molecule has 0 unspecified atom stereocenters. The molecule has 0 bridgehead atoms. The van der Waals surface area contributed by atoms with E-state index in [-0.39, 0.29) is 5.41 Å². The summed E-state index contributed by atoms with van der Waals surface area (Å²) in [6, 6.07) is 56.3. The van der Waals surface area contributed by atoms with Gasteiger partial charge < -0.3 is 4.57 Å². The van der Waals surface area contributed by atoms with Gasteiger partial charge in [-0.3, -0.25) is 0 Å². The van der Waals surface area contributed by atoms with Crippen LogP contribution >= 0.6 is 11.3 Å². The van der Waals surface area contributed by atoms with Crippen LogP contribution in [0.25, 0.3) is 93.0 Å². The summed E-state index contributed by atoms with van der Waals surface area (Å²) in [6.45, 7) is 4.76. The van der Waals surface area contributed by atoms with E-state index in [4.69, 9.17) is 15.0 Å². The summed E-state index contributed by atoms with van der Waals surface area (Å²) in [5.41, 5.74) is 12.0. The van der Waals surface area contributed by atoms with Crippen LogP contribution < -0.4 is 0 Å². The van der Waals surface area contributed by atoms with E-state index in [0.717, 1.165) is 16.7 Å². The SMILES string of the molecule is CC1(C)c2ccccc2-c2ccc3c(c21)c1ccccc1n3-c1ccc2c(c1)sc1cc(-c3nc(-c4ccccc4)nc(-c4ccccc4)n3)ccc12. The van der Waals surface area contributed by atoms with Crippen LogP contribution in [0.4, 0.5) is 0 Å². The summed E-state index contributed by atoms with van der Waals surface area (Å²) in [7, 11) is 0. The molecule has 4 nitrogen and oxygen atoms in total. The van der Waals surface area contributed by atoms with Crippen molar-refractivity contribution in [3.63, 3.8) is 0 Å². The van der Waals surface area contributed by atoms with Gasteiger partial charge in [0.25, 0.3) is 0 Å². The van der Waals surface area contributed by atoms with E-state index in [0.29, 0.717) is 17.5 Å². The lowest BCUT2D eigenvalue weighted by atomic mass is 9.80. The predicted molar refractivity (Wildman–Crippen MR) is 221 cm³/mol. The maximum Gasteiger partial charge on any atom is 0.164 e. The highest BCUT2D eigenvalue weighted by Crippen LogP contribution is 2.53. The first-order valence-electron chi connectivity index (χ1n) is 18.0. The fraction of sp³-hybridized carbons (Fsp3) is 0.0625. The highest BCUT2D eigenvalue weighted by Gasteiger charge is 2.38. The second-order valence-corrected chi connectivity index (χ2v) is 15.5. The van der Waals surface area contributed by atoms with Gasteiger partial charge in [0.15, 0.2) is 17.5 Å². The van der Waals surface area contributed by atoms with Crippen LogP contribution in [0.15, 0.2) is 158 Å². The van der Waals surface area contributed by atoms with E-state index in [1.807, 2.05) is 72.0 Å². The minimum atomic E-state index is -0.101. The summed E-state index contributed by atoms with van der Waals surface area (Å²) >= 11 is 1.82. The molecule has 7 aromatic carbocycles. The molecule has 5 heteroatoms. The zero-order chi connectivity index (χ0) is 35.3. The van der Waals surface area contributed by atoms with Gasteiger partial charge in [-0.2, -0.15) is 0 Å². The van der Waals surface area contributed by atoms with Crippen molar-refractivity contribution in [1.82, 2.24) is 19.5 Å². The average Bonchev–Trinajstić information content (AvgIpc) is 3.83. The molecule has 0 atom stereocenters. The molecule has 0 amide bonds. The molecule has 0 N–H and O–H groups in total. The minimum absolute atomic E-state index is 0.101. The van der Waals surface area contributed by atoms with E-state index in [9.17, 15) is 0 Å². The van der Waals surface area contributed by atoms with Gasteiger partial charge in [-0.05, 0) is 52.6 Å². The standard InChI is InChI=1S/C48H32N4S/c1-48(2)38-19-11-9-17-33(38)36-25-26-40-43(44(36)48)37-18-10-12-20-39(37)52(40)32-22-24-35-34-23-21-31(27-41(34)53-42(35)28-32)47-50-45(29-13-5-3-6-14-29)49-46(51-47)30-15-7-4-8-16-30/h3-28H,1-2H3. The Kier molecular flexibility index (Phi) is 6.43. The third-order valence-corrected chi connectivity index (χ3v) is 12.1. The Bertz CT molecular complexity index is 3020. The van der Waals surface area contributed by atoms with Crippen molar-refractivity contribution >= 4 is 53.3 Å². The van der Waals surface area contributed by atoms with Crippen LogP contribution in [0.5, 0.6) is 0 Å². The van der Waals surface area contributed by atoms with Gasteiger partial charge in [0.1, 0.15) is 0 Å². The second kappa shape index (κ2) is 11.3. The smallest absolute Gasteiger partial charge is 0.164 e. The van der Waals surface area contributed by atoms with Gasteiger partial charge in [0.05, 0.1) is 11.0 Å². The van der Waals surface area contributed by atoms with Crippen molar-refractivity contribution < 1.29 is 0 Å². The summed E-state index contributed by atoms with van der Waals surface area (Å²) in [5, 5.41) is 5.13. The number of thiophene rings is 1. The van der Waals surface area contributed by atoms with Crippen molar-refractivity contribution in [3.05, 3.63) is 169 Å². The number of nitrogens with zero attached hydrogens (tertiary/aromatic N) is 4. The molecule has 1 aliphatic rings. The molecule has 0 fully saturated rings. The highest BCUT2D eigenvalue weighted by atomic mass is 32.1. The zero-order valence-corrected chi connectivity index (χ0v) is 30.0. The van der Waals surface area contributed by atoms with Gasteiger partial charge in [0, 0.05) is 58.7 Å². The summed E-state index contributed by atoms with van der Waals surface area (Å²) in [5.74, 6) is 2.00. The van der Waals surface area contributed by atoms with E-state index in [1.165, 1.54) is 69.9 Å². The fourth-order valence-electron chi connectivity index (χ4n) is 8.59. The van der Waals surface area contributed by atoms with E-state index < -0.39 is 0 Å². The third kappa shape index (κ3) is 4.51. The maximum atomic E-state index is 4.99. The summed E-state index contributed by atoms with van der Waals surface area (Å²) in [6.07, 6.45) is 0. The summed E-state index contributed by atoms with van der Waals surface area (Å²) < 4.78 is 4.91. The van der Waals surface area contributed by atoms with Crippen LogP contribution in [-0.2, 0) is 5.41 Å². The van der Waals surface area contributed by atoms with Crippen molar-refractivity contribution in [2.45, 2.75) is 19.3 Å². The lowest BCUT2D eigenvalue weighted by molar-refractivity contribution is 0.666. The average molecular weight is 697 g/mol. The number of aromatic nitrogens is 4. The molecule has 11 rings (SSSR count). The topological polar surface area (TPSA) is 43.6 Å².